The molecule has 0 aliphatic carbocycles. The van der Waals surface area contributed by atoms with Gasteiger partial charge in [0.1, 0.15) is 0 Å². The number of carbonyl (C=O) groups is 1. The molecule has 9 heteroatoms. The minimum Gasteiger partial charge on any atom is -0.379 e. The zero-order valence-electron chi connectivity index (χ0n) is 18.9. The molecule has 1 aromatic heterocycles. The highest BCUT2D eigenvalue weighted by Crippen LogP contribution is 2.27. The zero-order chi connectivity index (χ0) is 23.6. The van der Waals surface area contributed by atoms with E-state index >= 15 is 0 Å². The predicted molar refractivity (Wildman–Crippen MR) is 131 cm³/mol. The molecule has 1 saturated heterocycles. The van der Waals surface area contributed by atoms with Crippen LogP contribution in [0.5, 0.6) is 0 Å². The number of anilines is 1. The lowest BCUT2D eigenvalue weighted by Crippen LogP contribution is -2.40. The predicted octanol–water partition coefficient (Wildman–Crippen LogP) is 3.91. The zero-order valence-corrected chi connectivity index (χ0v) is 20.6. The summed E-state index contributed by atoms with van der Waals surface area (Å²) >= 11 is 1.35. The summed E-state index contributed by atoms with van der Waals surface area (Å²) in [5.74, 6) is 0.128. The molecule has 1 N–H and O–H groups in total. The summed E-state index contributed by atoms with van der Waals surface area (Å²) in [5, 5.41) is 4.43. The molecule has 1 aliphatic heterocycles. The van der Waals surface area contributed by atoms with Crippen LogP contribution in [0.3, 0.4) is 0 Å². The van der Waals surface area contributed by atoms with E-state index in [0.717, 1.165) is 27.2 Å². The number of carbonyl (C=O) groups excluding carboxylic acids is 1. The van der Waals surface area contributed by atoms with E-state index in [2.05, 4.69) is 10.3 Å². The fourth-order valence-corrected chi connectivity index (χ4v) is 5.88. The fraction of sp³-hybridized carbons (Fsp3) is 0.333. The number of ether oxygens (including phenoxy) is 1. The molecule has 0 bridgehead atoms. The van der Waals surface area contributed by atoms with E-state index in [0.29, 0.717) is 31.8 Å². The Labute approximate surface area is 198 Å². The second-order valence-electron chi connectivity index (χ2n) is 8.11. The maximum atomic E-state index is 13.0. The second-order valence-corrected chi connectivity index (χ2v) is 11.0. The molecule has 2 aromatic carbocycles. The third-order valence-electron chi connectivity index (χ3n) is 5.71. The number of aryl methyl sites for hydroxylation is 3. The number of hydrogen-bond acceptors (Lipinski definition) is 6. The molecule has 3 aromatic rings. The second kappa shape index (κ2) is 9.80. The van der Waals surface area contributed by atoms with Crippen LogP contribution in [-0.2, 0) is 19.6 Å². The lowest BCUT2D eigenvalue weighted by Gasteiger charge is -2.26. The van der Waals surface area contributed by atoms with Crippen molar-refractivity contribution >= 4 is 44.3 Å². The molecule has 33 heavy (non-hydrogen) atoms. The molecule has 4 rings (SSSR count). The van der Waals surface area contributed by atoms with Gasteiger partial charge in [0.15, 0.2) is 0 Å². The third-order valence-corrected chi connectivity index (χ3v) is 8.52. The van der Waals surface area contributed by atoms with Crippen LogP contribution in [0.25, 0.3) is 10.9 Å². The molecule has 0 unspecified atom stereocenters. The summed E-state index contributed by atoms with van der Waals surface area (Å²) in [6, 6.07) is 12.7. The van der Waals surface area contributed by atoms with Gasteiger partial charge in [-0.3, -0.25) is 4.79 Å². The number of nitrogens with one attached hydrogen (secondary N) is 1. The van der Waals surface area contributed by atoms with Crippen LogP contribution < -0.4 is 5.32 Å². The Hall–Kier alpha value is -2.46. The summed E-state index contributed by atoms with van der Waals surface area (Å²) in [5.41, 5.74) is 4.70. The van der Waals surface area contributed by atoms with Crippen molar-refractivity contribution in [1.82, 2.24) is 9.29 Å². The van der Waals surface area contributed by atoms with Gasteiger partial charge in [0.2, 0.25) is 15.9 Å². The van der Waals surface area contributed by atoms with E-state index in [4.69, 9.17) is 4.74 Å². The van der Waals surface area contributed by atoms with Crippen LogP contribution in [0.15, 0.2) is 52.4 Å². The normalized spacial score (nSPS) is 15.0. The molecule has 1 amide bonds. The third kappa shape index (κ3) is 5.38. The van der Waals surface area contributed by atoms with E-state index in [9.17, 15) is 13.2 Å². The summed E-state index contributed by atoms with van der Waals surface area (Å²) in [7, 11) is -3.57. The van der Waals surface area contributed by atoms with Gasteiger partial charge >= 0.3 is 0 Å². The maximum absolute atomic E-state index is 13.0. The first-order chi connectivity index (χ1) is 15.7. The van der Waals surface area contributed by atoms with Gasteiger partial charge in [-0.2, -0.15) is 4.31 Å². The highest BCUT2D eigenvalue weighted by atomic mass is 32.2. The van der Waals surface area contributed by atoms with Gasteiger partial charge in [-0.25, -0.2) is 13.4 Å². The van der Waals surface area contributed by atoms with E-state index in [1.165, 1.54) is 21.6 Å². The van der Waals surface area contributed by atoms with Crippen LogP contribution in [0.4, 0.5) is 5.69 Å². The number of amides is 1. The monoisotopic (exact) mass is 485 g/mol. The van der Waals surface area contributed by atoms with Crippen molar-refractivity contribution in [3.05, 3.63) is 59.2 Å². The van der Waals surface area contributed by atoms with Crippen LogP contribution in [0.1, 0.15) is 16.7 Å². The first-order valence-electron chi connectivity index (χ1n) is 10.7. The van der Waals surface area contributed by atoms with Gasteiger partial charge in [0.05, 0.1) is 34.4 Å². The number of pyridine rings is 1. The van der Waals surface area contributed by atoms with Crippen LogP contribution in [-0.4, -0.2) is 55.7 Å². The summed E-state index contributed by atoms with van der Waals surface area (Å²) in [6.45, 7) is 7.50. The number of benzene rings is 2. The number of morpholine rings is 1. The van der Waals surface area contributed by atoms with Crippen molar-refractivity contribution in [3.63, 3.8) is 0 Å². The van der Waals surface area contributed by atoms with Gasteiger partial charge in [-0.1, -0.05) is 17.8 Å². The smallest absolute Gasteiger partial charge is 0.243 e. The minimum absolute atomic E-state index is 0.102. The highest BCUT2D eigenvalue weighted by molar-refractivity contribution is 7.99. The molecule has 2 heterocycles. The van der Waals surface area contributed by atoms with Gasteiger partial charge < -0.3 is 10.1 Å². The number of sulfonamides is 1. The number of thioether (sulfide) groups is 1. The molecular formula is C24H27N3O4S2. The van der Waals surface area contributed by atoms with Crippen molar-refractivity contribution in [3.8, 4) is 0 Å². The average molecular weight is 486 g/mol. The van der Waals surface area contributed by atoms with Crippen molar-refractivity contribution < 1.29 is 17.9 Å². The Kier molecular flexibility index (Phi) is 7.04. The van der Waals surface area contributed by atoms with Crippen molar-refractivity contribution in [2.45, 2.75) is 30.7 Å². The molecule has 0 spiro atoms. The van der Waals surface area contributed by atoms with Crippen molar-refractivity contribution in [2.24, 2.45) is 0 Å². The van der Waals surface area contributed by atoms with Crippen LogP contribution in [0.2, 0.25) is 0 Å². The Morgan fingerprint density at radius 2 is 1.79 bits per heavy atom. The average Bonchev–Trinajstić information content (AvgIpc) is 2.80. The Morgan fingerprint density at radius 1 is 1.03 bits per heavy atom. The van der Waals surface area contributed by atoms with Gasteiger partial charge in [0.25, 0.3) is 0 Å². The number of rotatable bonds is 6. The molecular weight excluding hydrogens is 458 g/mol. The van der Waals surface area contributed by atoms with Crippen LogP contribution in [0, 0.1) is 20.8 Å². The van der Waals surface area contributed by atoms with E-state index in [1.54, 1.807) is 18.2 Å². The summed E-state index contributed by atoms with van der Waals surface area (Å²) in [4.78, 5) is 17.3. The lowest BCUT2D eigenvalue weighted by molar-refractivity contribution is -0.113. The number of fused-ring (bicyclic) bond motifs is 1. The summed E-state index contributed by atoms with van der Waals surface area (Å²) in [6.07, 6.45) is 0. The first kappa shape index (κ1) is 23.7. The molecule has 7 nitrogen and oxygen atoms in total. The lowest BCUT2D eigenvalue weighted by atomic mass is 10.1. The maximum Gasteiger partial charge on any atom is 0.243 e. The SMILES string of the molecule is Cc1ccc(NC(=O)CSc2cc(C)c3cc(S(=O)(=O)N4CCOCC4)ccc3n2)cc1C. The molecule has 1 fully saturated rings. The van der Waals surface area contributed by atoms with Crippen molar-refractivity contribution in [2.75, 3.05) is 37.4 Å². The Bertz CT molecular complexity index is 1300. The fourth-order valence-electron chi connectivity index (χ4n) is 3.67. The quantitative estimate of drug-likeness (QED) is 0.533. The Balaban J connectivity index is 1.48. The van der Waals surface area contributed by atoms with Gasteiger partial charge in [-0.05, 0) is 73.9 Å². The van der Waals surface area contributed by atoms with Crippen molar-refractivity contribution in [1.29, 1.82) is 0 Å². The first-order valence-corrected chi connectivity index (χ1v) is 13.2. The van der Waals surface area contributed by atoms with E-state index in [1.807, 2.05) is 45.0 Å². The number of nitrogens with zero attached hydrogens (tertiary/aromatic N) is 2. The summed E-state index contributed by atoms with van der Waals surface area (Å²) < 4.78 is 32.7. The number of aromatic nitrogens is 1. The molecule has 174 valence electrons. The highest BCUT2D eigenvalue weighted by Gasteiger charge is 2.26. The Morgan fingerprint density at radius 3 is 2.52 bits per heavy atom. The van der Waals surface area contributed by atoms with Gasteiger partial charge in [-0.15, -0.1) is 0 Å². The molecule has 0 atom stereocenters. The standard InChI is InChI=1S/C24H27N3O4S2/c1-16-4-5-19(12-17(16)2)25-23(28)15-32-24-13-18(3)21-14-20(6-7-22(21)26-24)33(29,30)27-8-10-31-11-9-27/h4-7,12-14H,8-11,15H2,1-3H3,(H,25,28). The topological polar surface area (TPSA) is 88.6 Å². The molecule has 0 saturated carbocycles. The van der Waals surface area contributed by atoms with E-state index < -0.39 is 10.0 Å². The largest absolute Gasteiger partial charge is 0.379 e. The van der Waals surface area contributed by atoms with E-state index in [-0.39, 0.29) is 16.6 Å². The minimum atomic E-state index is -3.57. The van der Waals surface area contributed by atoms with Gasteiger partial charge in [0, 0.05) is 24.2 Å². The molecule has 0 radical (unpaired) electrons. The van der Waals surface area contributed by atoms with Crippen LogP contribution >= 0.6 is 11.8 Å². The molecule has 1 aliphatic rings. The number of hydrogen-bond donors (Lipinski definition) is 1.